The fourth-order valence-corrected chi connectivity index (χ4v) is 3.46. The number of aliphatic carboxylic acids is 1. The van der Waals surface area contributed by atoms with Crippen molar-refractivity contribution in [1.82, 2.24) is 9.62 Å². The average Bonchev–Trinajstić information content (AvgIpc) is 2.92. The second-order valence-corrected chi connectivity index (χ2v) is 7.58. The number of rotatable bonds is 6. The molecule has 1 saturated heterocycles. The fraction of sp³-hybridized carbons (Fsp3) is 0.467. The van der Waals surface area contributed by atoms with Gasteiger partial charge in [0, 0.05) is 13.1 Å². The van der Waals surface area contributed by atoms with Crippen molar-refractivity contribution in [2.45, 2.75) is 6.42 Å². The molecule has 126 valence electrons. The van der Waals surface area contributed by atoms with Crippen LogP contribution in [0.5, 0.6) is 0 Å². The lowest BCUT2D eigenvalue weighted by Crippen LogP contribution is -2.37. The topological polar surface area (TPSA) is 104 Å². The van der Waals surface area contributed by atoms with Crippen LogP contribution in [0, 0.1) is 11.8 Å². The molecule has 23 heavy (non-hydrogen) atoms. The monoisotopic (exact) mass is 340 g/mol. The van der Waals surface area contributed by atoms with E-state index in [1.54, 1.807) is 0 Å². The number of hydrogen-bond acceptors (Lipinski definition) is 4. The highest BCUT2D eigenvalue weighted by molar-refractivity contribution is 7.90. The average molecular weight is 340 g/mol. The lowest BCUT2D eigenvalue weighted by molar-refractivity contribution is -0.142. The van der Waals surface area contributed by atoms with Crippen LogP contribution in [0.15, 0.2) is 30.3 Å². The Morgan fingerprint density at radius 1 is 1.26 bits per heavy atom. The zero-order valence-corrected chi connectivity index (χ0v) is 13.6. The Hall–Kier alpha value is -1.93. The van der Waals surface area contributed by atoms with Gasteiger partial charge in [0.05, 0.1) is 5.92 Å². The second-order valence-electron chi connectivity index (χ2n) is 5.66. The molecule has 1 aliphatic heterocycles. The minimum absolute atomic E-state index is 0.0465. The first-order valence-corrected chi connectivity index (χ1v) is 8.93. The molecule has 1 aromatic rings. The van der Waals surface area contributed by atoms with Gasteiger partial charge < -0.3 is 10.0 Å². The summed E-state index contributed by atoms with van der Waals surface area (Å²) in [6.07, 6.45) is 0.542. The fourth-order valence-electron chi connectivity index (χ4n) is 2.80. The summed E-state index contributed by atoms with van der Waals surface area (Å²) < 4.78 is 25.0. The molecular formula is C15H20N2O5S. The number of carbonyl (C=O) groups is 2. The van der Waals surface area contributed by atoms with Gasteiger partial charge in [-0.3, -0.25) is 9.59 Å². The standard InChI is InChI=1S/C15H20N2O5S/c1-16-23(21,22)10-14(18)17-8-12(13(9-17)15(19)20)7-11-5-3-2-4-6-11/h2-6,12-13,16H,7-10H2,1H3,(H,19,20)/t12-,13-/m1/s1. The molecule has 0 bridgehead atoms. The van der Waals surface area contributed by atoms with Crippen LogP contribution in [-0.2, 0) is 26.0 Å². The normalized spacial score (nSPS) is 21.3. The third-order valence-corrected chi connectivity index (χ3v) is 5.33. The SMILES string of the molecule is CNS(=O)(=O)CC(=O)N1C[C@@H](Cc2ccccc2)[C@H](C(=O)O)C1. The molecule has 2 N–H and O–H groups in total. The number of sulfonamides is 1. The van der Waals surface area contributed by atoms with Crippen molar-refractivity contribution >= 4 is 21.9 Å². The molecule has 1 aliphatic rings. The second kappa shape index (κ2) is 7.10. The van der Waals surface area contributed by atoms with Gasteiger partial charge in [0.15, 0.2) is 0 Å². The van der Waals surface area contributed by atoms with Crippen molar-refractivity contribution in [2.24, 2.45) is 11.8 Å². The van der Waals surface area contributed by atoms with E-state index in [1.165, 1.54) is 11.9 Å². The molecule has 0 aliphatic carbocycles. The number of nitrogens with zero attached hydrogens (tertiary/aromatic N) is 1. The minimum Gasteiger partial charge on any atom is -0.481 e. The molecule has 0 aromatic heterocycles. The summed E-state index contributed by atoms with van der Waals surface area (Å²) in [5, 5.41) is 9.37. The maximum absolute atomic E-state index is 12.1. The Morgan fingerprint density at radius 3 is 2.48 bits per heavy atom. The number of nitrogens with one attached hydrogen (secondary N) is 1. The third-order valence-electron chi connectivity index (χ3n) is 4.08. The van der Waals surface area contributed by atoms with Crippen molar-refractivity contribution in [3.63, 3.8) is 0 Å². The molecule has 1 heterocycles. The van der Waals surface area contributed by atoms with E-state index in [1.807, 2.05) is 30.3 Å². The lowest BCUT2D eigenvalue weighted by atomic mass is 9.90. The molecule has 0 saturated carbocycles. The summed E-state index contributed by atoms with van der Waals surface area (Å²) in [5.74, 6) is -3.10. The van der Waals surface area contributed by atoms with Gasteiger partial charge in [0.25, 0.3) is 0 Å². The number of hydrogen-bond donors (Lipinski definition) is 2. The Morgan fingerprint density at radius 2 is 1.91 bits per heavy atom. The summed E-state index contributed by atoms with van der Waals surface area (Å²) >= 11 is 0. The highest BCUT2D eigenvalue weighted by Crippen LogP contribution is 2.27. The van der Waals surface area contributed by atoms with Gasteiger partial charge in [0.1, 0.15) is 5.75 Å². The number of carboxylic acid groups (broad SMARTS) is 1. The molecule has 1 fully saturated rings. The quantitative estimate of drug-likeness (QED) is 0.755. The molecule has 0 spiro atoms. The number of carbonyl (C=O) groups excluding carboxylic acids is 1. The van der Waals surface area contributed by atoms with Crippen LogP contribution in [0.1, 0.15) is 5.56 Å². The summed E-state index contributed by atoms with van der Waals surface area (Å²) in [7, 11) is -2.42. The smallest absolute Gasteiger partial charge is 0.308 e. The van der Waals surface area contributed by atoms with E-state index in [2.05, 4.69) is 4.72 Å². The van der Waals surface area contributed by atoms with E-state index in [0.29, 0.717) is 6.42 Å². The van der Waals surface area contributed by atoms with Crippen LogP contribution in [-0.4, -0.2) is 56.2 Å². The first-order valence-electron chi connectivity index (χ1n) is 7.28. The van der Waals surface area contributed by atoms with E-state index >= 15 is 0 Å². The van der Waals surface area contributed by atoms with Gasteiger partial charge in [0.2, 0.25) is 15.9 Å². The Kier molecular flexibility index (Phi) is 5.38. The van der Waals surface area contributed by atoms with Gasteiger partial charge in [-0.2, -0.15) is 0 Å². The molecule has 0 unspecified atom stereocenters. The molecule has 8 heteroatoms. The third kappa shape index (κ3) is 4.52. The highest BCUT2D eigenvalue weighted by atomic mass is 32.2. The van der Waals surface area contributed by atoms with Gasteiger partial charge >= 0.3 is 5.97 Å². The number of benzene rings is 1. The Bertz CT molecular complexity index is 674. The molecule has 2 rings (SSSR count). The minimum atomic E-state index is -3.66. The molecule has 1 aromatic carbocycles. The zero-order valence-electron chi connectivity index (χ0n) is 12.8. The molecule has 7 nitrogen and oxygen atoms in total. The zero-order chi connectivity index (χ0) is 17.0. The van der Waals surface area contributed by atoms with Crippen LogP contribution in [0.25, 0.3) is 0 Å². The van der Waals surface area contributed by atoms with Crippen molar-refractivity contribution in [3.8, 4) is 0 Å². The number of amides is 1. The lowest BCUT2D eigenvalue weighted by Gasteiger charge is -2.16. The van der Waals surface area contributed by atoms with E-state index in [0.717, 1.165) is 5.56 Å². The van der Waals surface area contributed by atoms with Crippen LogP contribution in [0.2, 0.25) is 0 Å². The van der Waals surface area contributed by atoms with Gasteiger partial charge in [-0.05, 0) is 24.9 Å². The first kappa shape index (κ1) is 17.4. The number of carboxylic acids is 1. The van der Waals surface area contributed by atoms with Crippen molar-refractivity contribution in [1.29, 1.82) is 0 Å². The highest BCUT2D eigenvalue weighted by Gasteiger charge is 2.40. The van der Waals surface area contributed by atoms with Gasteiger partial charge in [-0.1, -0.05) is 30.3 Å². The van der Waals surface area contributed by atoms with E-state index in [9.17, 15) is 23.1 Å². The van der Waals surface area contributed by atoms with Crippen molar-refractivity contribution in [2.75, 3.05) is 25.9 Å². The summed E-state index contributed by atoms with van der Waals surface area (Å²) in [5.41, 5.74) is 1.00. The van der Waals surface area contributed by atoms with E-state index < -0.39 is 33.6 Å². The number of likely N-dealkylation sites (tertiary alicyclic amines) is 1. The largest absolute Gasteiger partial charge is 0.481 e. The van der Waals surface area contributed by atoms with Gasteiger partial charge in [-0.25, -0.2) is 13.1 Å². The van der Waals surface area contributed by atoms with Crippen LogP contribution >= 0.6 is 0 Å². The predicted octanol–water partition coefficient (Wildman–Crippen LogP) is -0.0625. The summed E-state index contributed by atoms with van der Waals surface area (Å²) in [6, 6.07) is 9.46. The molecule has 2 atom stereocenters. The van der Waals surface area contributed by atoms with Crippen molar-refractivity contribution < 1.29 is 23.1 Å². The molecular weight excluding hydrogens is 320 g/mol. The first-order chi connectivity index (χ1) is 10.8. The Labute approximate surface area is 135 Å². The van der Waals surface area contributed by atoms with Crippen LogP contribution in [0.4, 0.5) is 0 Å². The van der Waals surface area contributed by atoms with Crippen LogP contribution < -0.4 is 4.72 Å². The predicted molar refractivity (Wildman–Crippen MR) is 84.2 cm³/mol. The summed E-state index contributed by atoms with van der Waals surface area (Å²) in [6.45, 7) is 0.300. The summed E-state index contributed by atoms with van der Waals surface area (Å²) in [4.78, 5) is 24.9. The van der Waals surface area contributed by atoms with Crippen LogP contribution in [0.3, 0.4) is 0 Å². The van der Waals surface area contributed by atoms with E-state index in [4.69, 9.17) is 0 Å². The maximum Gasteiger partial charge on any atom is 0.308 e. The van der Waals surface area contributed by atoms with E-state index in [-0.39, 0.29) is 19.0 Å². The Balaban J connectivity index is 2.08. The molecule has 0 radical (unpaired) electrons. The molecule has 1 amide bonds. The van der Waals surface area contributed by atoms with Crippen molar-refractivity contribution in [3.05, 3.63) is 35.9 Å². The maximum atomic E-state index is 12.1. The van der Waals surface area contributed by atoms with Gasteiger partial charge in [-0.15, -0.1) is 0 Å².